The number of thiazole rings is 1. The zero-order valence-electron chi connectivity index (χ0n) is 20.7. The summed E-state index contributed by atoms with van der Waals surface area (Å²) in [4.78, 5) is 39.5. The Morgan fingerprint density at radius 3 is 2.70 bits per heavy atom. The van der Waals surface area contributed by atoms with Crippen LogP contribution in [-0.4, -0.2) is 32.5 Å². The van der Waals surface area contributed by atoms with Crippen molar-refractivity contribution in [3.63, 3.8) is 0 Å². The largest absolute Gasteiger partial charge is 0.494 e. The van der Waals surface area contributed by atoms with Gasteiger partial charge in [-0.15, -0.1) is 11.3 Å². The fourth-order valence-electron chi connectivity index (χ4n) is 4.56. The van der Waals surface area contributed by atoms with Gasteiger partial charge < -0.3 is 4.74 Å². The molecule has 12 heteroatoms. The molecule has 1 aliphatic rings. The molecule has 40 heavy (non-hydrogen) atoms. The molecule has 1 aromatic carbocycles. The normalized spacial score (nSPS) is 11.8. The minimum atomic E-state index is -2.89. The average Bonchev–Trinajstić information content (AvgIpc) is 3.51. The van der Waals surface area contributed by atoms with Gasteiger partial charge in [0.25, 0.3) is 17.9 Å². The number of benzene rings is 1. The molecule has 1 aliphatic carbocycles. The van der Waals surface area contributed by atoms with Gasteiger partial charge in [0.2, 0.25) is 0 Å². The maximum absolute atomic E-state index is 14.0. The first kappa shape index (κ1) is 25.4. The van der Waals surface area contributed by atoms with Crippen LogP contribution in [-0.2, 0) is 6.42 Å². The second kappa shape index (κ2) is 10.0. The van der Waals surface area contributed by atoms with Gasteiger partial charge in [-0.2, -0.15) is 0 Å². The third-order valence-electron chi connectivity index (χ3n) is 6.45. The number of alkyl halides is 2. The Morgan fingerprint density at radius 2 is 1.90 bits per heavy atom. The van der Waals surface area contributed by atoms with Crippen LogP contribution in [0.5, 0.6) is 5.75 Å². The van der Waals surface area contributed by atoms with Crippen molar-refractivity contribution in [3.8, 4) is 34.0 Å². The quantitative estimate of drug-likeness (QED) is 0.282. The highest BCUT2D eigenvalue weighted by molar-refractivity contribution is 7.16. The van der Waals surface area contributed by atoms with Gasteiger partial charge in [0.15, 0.2) is 10.9 Å². The number of halogens is 3. The molecule has 1 N–H and O–H groups in total. The van der Waals surface area contributed by atoms with Crippen molar-refractivity contribution in [1.82, 2.24) is 19.5 Å². The molecule has 0 saturated carbocycles. The van der Waals surface area contributed by atoms with E-state index in [4.69, 9.17) is 4.74 Å². The lowest BCUT2D eigenvalue weighted by Gasteiger charge is -2.15. The molecule has 1 amide bonds. The fourth-order valence-corrected chi connectivity index (χ4v) is 5.55. The van der Waals surface area contributed by atoms with E-state index in [0.717, 1.165) is 44.6 Å². The summed E-state index contributed by atoms with van der Waals surface area (Å²) in [6.07, 6.45) is 1.43. The number of amides is 1. The predicted octanol–water partition coefficient (Wildman–Crippen LogP) is 5.66. The van der Waals surface area contributed by atoms with Crippen LogP contribution in [0, 0.1) is 5.82 Å². The molecular weight excluding hydrogens is 543 g/mol. The topological polar surface area (TPSA) is 99.0 Å². The maximum atomic E-state index is 14.0. The number of pyridine rings is 3. The van der Waals surface area contributed by atoms with Gasteiger partial charge in [-0.25, -0.2) is 23.1 Å². The number of carbonyl (C=O) groups excluding carboxylic acids is 1. The number of methoxy groups -OCH3 is 1. The molecule has 4 aromatic heterocycles. The molecule has 4 heterocycles. The summed E-state index contributed by atoms with van der Waals surface area (Å²) >= 11 is 1.34. The smallest absolute Gasteiger partial charge is 0.292 e. The van der Waals surface area contributed by atoms with Gasteiger partial charge in [-0.3, -0.25) is 24.5 Å². The Kier molecular flexibility index (Phi) is 6.39. The predicted molar refractivity (Wildman–Crippen MR) is 143 cm³/mol. The Morgan fingerprint density at radius 1 is 1.07 bits per heavy atom. The molecule has 200 valence electrons. The van der Waals surface area contributed by atoms with Crippen LogP contribution in [0.25, 0.3) is 28.2 Å². The van der Waals surface area contributed by atoms with Crippen LogP contribution in [0.4, 0.5) is 18.3 Å². The summed E-state index contributed by atoms with van der Waals surface area (Å²) in [5.41, 5.74) is 1.67. The van der Waals surface area contributed by atoms with Crippen molar-refractivity contribution < 1.29 is 22.7 Å². The van der Waals surface area contributed by atoms with Crippen LogP contribution < -0.4 is 15.6 Å². The summed E-state index contributed by atoms with van der Waals surface area (Å²) in [6, 6.07) is 12.6. The first-order valence-electron chi connectivity index (χ1n) is 11.9. The van der Waals surface area contributed by atoms with Gasteiger partial charge in [0, 0.05) is 40.4 Å². The molecule has 0 saturated heterocycles. The average molecular weight is 562 g/mol. The number of aromatic nitrogens is 4. The van der Waals surface area contributed by atoms with E-state index >= 15 is 0 Å². The SMILES string of the molecule is COc1cnc(C(F)F)cc1-c1cc(-n2cccc(F)c2=O)ncc1C(=O)Nc1nc2c(s1)Cc1ccccc1-2. The van der Waals surface area contributed by atoms with Crippen molar-refractivity contribution in [2.24, 2.45) is 0 Å². The highest BCUT2D eigenvalue weighted by Gasteiger charge is 2.26. The molecule has 0 spiro atoms. The van der Waals surface area contributed by atoms with Gasteiger partial charge in [0.1, 0.15) is 17.3 Å². The van der Waals surface area contributed by atoms with Crippen LogP contribution in [0.15, 0.2) is 71.9 Å². The van der Waals surface area contributed by atoms with Crippen molar-refractivity contribution in [2.75, 3.05) is 12.4 Å². The zero-order chi connectivity index (χ0) is 28.0. The molecule has 0 atom stereocenters. The Balaban J connectivity index is 1.45. The van der Waals surface area contributed by atoms with E-state index in [1.54, 1.807) is 0 Å². The van der Waals surface area contributed by atoms with Crippen molar-refractivity contribution in [3.05, 3.63) is 105 Å². The van der Waals surface area contributed by atoms with Crippen LogP contribution >= 0.6 is 11.3 Å². The molecule has 0 aliphatic heterocycles. The van der Waals surface area contributed by atoms with Gasteiger partial charge in [-0.05, 0) is 29.8 Å². The second-order valence-electron chi connectivity index (χ2n) is 8.81. The Bertz CT molecular complexity index is 1850. The van der Waals surface area contributed by atoms with Crippen molar-refractivity contribution in [2.45, 2.75) is 12.8 Å². The second-order valence-corrected chi connectivity index (χ2v) is 9.89. The number of hydrogen-bond acceptors (Lipinski definition) is 7. The van der Waals surface area contributed by atoms with Crippen molar-refractivity contribution in [1.29, 1.82) is 0 Å². The number of ether oxygens (including phenoxy) is 1. The molecule has 0 unspecified atom stereocenters. The van der Waals surface area contributed by atoms with E-state index in [9.17, 15) is 22.8 Å². The Labute approximate surface area is 228 Å². The number of carbonyl (C=O) groups is 1. The standard InChI is InChI=1S/C28H18F3N5O3S/c1-39-21-13-32-20(25(30)31)10-17(21)16-11-23(36-8-4-7-19(29)27(36)38)33-12-18(16)26(37)35-28-34-24-15-6-3-2-5-14(15)9-22(24)40-28/h2-8,10-13,25H,9H2,1H3,(H,34,35,37). The van der Waals surface area contributed by atoms with E-state index in [1.807, 2.05) is 24.3 Å². The maximum Gasteiger partial charge on any atom is 0.292 e. The summed E-state index contributed by atoms with van der Waals surface area (Å²) in [5.74, 6) is -1.54. The van der Waals surface area contributed by atoms with E-state index < -0.39 is 29.4 Å². The Hall–Kier alpha value is -4.84. The van der Waals surface area contributed by atoms with E-state index in [1.165, 1.54) is 43.0 Å². The zero-order valence-corrected chi connectivity index (χ0v) is 21.5. The number of anilines is 1. The lowest BCUT2D eigenvalue weighted by Crippen LogP contribution is -2.22. The van der Waals surface area contributed by atoms with Gasteiger partial charge in [-0.1, -0.05) is 24.3 Å². The highest BCUT2D eigenvalue weighted by Crippen LogP contribution is 2.41. The number of rotatable bonds is 6. The molecule has 8 nitrogen and oxygen atoms in total. The number of hydrogen-bond donors (Lipinski definition) is 1. The summed E-state index contributed by atoms with van der Waals surface area (Å²) in [6.45, 7) is 0. The summed E-state index contributed by atoms with van der Waals surface area (Å²) in [7, 11) is 1.33. The highest BCUT2D eigenvalue weighted by atomic mass is 32.1. The molecule has 5 aromatic rings. The van der Waals surface area contributed by atoms with Crippen LogP contribution in [0.3, 0.4) is 0 Å². The van der Waals surface area contributed by atoms with E-state index in [-0.39, 0.29) is 28.3 Å². The summed E-state index contributed by atoms with van der Waals surface area (Å²) in [5, 5.41) is 3.14. The molecule has 0 fully saturated rings. The van der Waals surface area contributed by atoms with Crippen LogP contribution in [0.2, 0.25) is 0 Å². The van der Waals surface area contributed by atoms with Gasteiger partial charge in [0.05, 0.1) is 24.6 Å². The van der Waals surface area contributed by atoms with E-state index in [0.29, 0.717) is 11.6 Å². The third-order valence-corrected chi connectivity index (χ3v) is 7.42. The number of nitrogens with one attached hydrogen (secondary N) is 1. The molecule has 0 radical (unpaired) electrons. The number of nitrogens with zero attached hydrogens (tertiary/aromatic N) is 4. The first-order chi connectivity index (χ1) is 19.3. The van der Waals surface area contributed by atoms with Gasteiger partial charge >= 0.3 is 0 Å². The van der Waals surface area contributed by atoms with Crippen LogP contribution in [0.1, 0.15) is 32.9 Å². The van der Waals surface area contributed by atoms with Crippen molar-refractivity contribution >= 4 is 22.4 Å². The minimum absolute atomic E-state index is 0.00585. The lowest BCUT2D eigenvalue weighted by molar-refractivity contribution is 0.102. The summed E-state index contributed by atoms with van der Waals surface area (Å²) < 4.78 is 47.5. The third kappa shape index (κ3) is 4.41. The molecular formula is C28H18F3N5O3S. The molecule has 6 rings (SSSR count). The number of fused-ring (bicyclic) bond motifs is 3. The molecule has 0 bridgehead atoms. The first-order valence-corrected chi connectivity index (χ1v) is 12.7. The lowest BCUT2D eigenvalue weighted by atomic mass is 10.00. The fraction of sp³-hybridized carbons (Fsp3) is 0.107. The minimum Gasteiger partial charge on any atom is -0.494 e. The monoisotopic (exact) mass is 561 g/mol. The van der Waals surface area contributed by atoms with E-state index in [2.05, 4.69) is 20.3 Å².